The molecule has 0 aliphatic carbocycles. The number of aryl methyl sites for hydroxylation is 1. The molecule has 0 spiro atoms. The first-order chi connectivity index (χ1) is 12.6. The Hall–Kier alpha value is -2.40. The van der Waals surface area contributed by atoms with Crippen LogP contribution < -0.4 is 4.90 Å². The molecule has 2 heterocycles. The van der Waals surface area contributed by atoms with Gasteiger partial charge in [0, 0.05) is 53.5 Å². The lowest BCUT2D eigenvalue weighted by atomic mass is 10.1. The zero-order chi connectivity index (χ0) is 18.1. The van der Waals surface area contributed by atoms with Crippen LogP contribution in [0.2, 0.25) is 0 Å². The molecule has 0 N–H and O–H groups in total. The van der Waals surface area contributed by atoms with Crippen molar-refractivity contribution in [3.8, 4) is 0 Å². The van der Waals surface area contributed by atoms with Gasteiger partial charge in [0.15, 0.2) is 0 Å². The van der Waals surface area contributed by atoms with E-state index in [1.807, 2.05) is 54.4 Å². The van der Waals surface area contributed by atoms with E-state index in [-0.39, 0.29) is 5.91 Å². The van der Waals surface area contributed by atoms with E-state index >= 15 is 0 Å². The Bertz CT molecular complexity index is 947. The average Bonchev–Trinajstić information content (AvgIpc) is 2.67. The van der Waals surface area contributed by atoms with Crippen LogP contribution in [0.3, 0.4) is 0 Å². The molecule has 1 aliphatic heterocycles. The molecule has 0 atom stereocenters. The first-order valence-electron chi connectivity index (χ1n) is 8.77. The Morgan fingerprint density at radius 1 is 1.00 bits per heavy atom. The second-order valence-electron chi connectivity index (χ2n) is 6.64. The zero-order valence-corrected chi connectivity index (χ0v) is 16.2. The number of amides is 1. The van der Waals surface area contributed by atoms with E-state index in [4.69, 9.17) is 0 Å². The van der Waals surface area contributed by atoms with Crippen LogP contribution in [0.15, 0.2) is 59.2 Å². The Morgan fingerprint density at radius 2 is 1.73 bits per heavy atom. The Morgan fingerprint density at radius 3 is 2.46 bits per heavy atom. The summed E-state index contributed by atoms with van der Waals surface area (Å²) in [7, 11) is 0. The molecule has 1 saturated heterocycles. The molecule has 1 aliphatic rings. The standard InChI is InChI=1S/C21H20BrN3O/c1-15-2-4-16(5-3-15)21(26)25-12-10-24(11-13-25)20-8-9-23-19-14-17(22)6-7-18(19)20/h2-9,14H,10-13H2,1H3. The molecule has 0 bridgehead atoms. The third-order valence-electron chi connectivity index (χ3n) is 4.89. The van der Waals surface area contributed by atoms with Crippen molar-refractivity contribution in [3.05, 3.63) is 70.3 Å². The molecule has 0 radical (unpaired) electrons. The third-order valence-corrected chi connectivity index (χ3v) is 5.38. The number of nitrogens with zero attached hydrogens (tertiary/aromatic N) is 3. The largest absolute Gasteiger partial charge is 0.367 e. The van der Waals surface area contributed by atoms with Crippen LogP contribution in [-0.2, 0) is 0 Å². The summed E-state index contributed by atoms with van der Waals surface area (Å²) in [5.74, 6) is 0.119. The van der Waals surface area contributed by atoms with Crippen molar-refractivity contribution in [2.45, 2.75) is 6.92 Å². The van der Waals surface area contributed by atoms with Crippen LogP contribution in [0.4, 0.5) is 5.69 Å². The summed E-state index contributed by atoms with van der Waals surface area (Å²) in [5, 5.41) is 1.15. The minimum atomic E-state index is 0.119. The summed E-state index contributed by atoms with van der Waals surface area (Å²) in [6.07, 6.45) is 1.86. The van der Waals surface area contributed by atoms with Gasteiger partial charge in [0.2, 0.25) is 0 Å². The van der Waals surface area contributed by atoms with E-state index in [1.54, 1.807) is 0 Å². The summed E-state index contributed by atoms with van der Waals surface area (Å²) < 4.78 is 1.03. The van der Waals surface area contributed by atoms with Crippen LogP contribution in [0.1, 0.15) is 15.9 Å². The summed E-state index contributed by atoms with van der Waals surface area (Å²) in [5.41, 5.74) is 4.10. The number of rotatable bonds is 2. The lowest BCUT2D eigenvalue weighted by Crippen LogP contribution is -2.48. The lowest BCUT2D eigenvalue weighted by molar-refractivity contribution is 0.0747. The van der Waals surface area contributed by atoms with E-state index in [1.165, 1.54) is 11.3 Å². The predicted molar refractivity (Wildman–Crippen MR) is 109 cm³/mol. The van der Waals surface area contributed by atoms with E-state index in [0.29, 0.717) is 0 Å². The van der Waals surface area contributed by atoms with E-state index in [2.05, 4.69) is 37.9 Å². The minimum Gasteiger partial charge on any atom is -0.367 e. The molecule has 1 aromatic heterocycles. The first kappa shape index (κ1) is 17.0. The normalized spacial score (nSPS) is 14.7. The monoisotopic (exact) mass is 409 g/mol. The zero-order valence-electron chi connectivity index (χ0n) is 14.7. The van der Waals surface area contributed by atoms with Crippen molar-refractivity contribution in [1.82, 2.24) is 9.88 Å². The molecule has 2 aromatic carbocycles. The van der Waals surface area contributed by atoms with Crippen molar-refractivity contribution < 1.29 is 4.79 Å². The average molecular weight is 410 g/mol. The van der Waals surface area contributed by atoms with Crippen molar-refractivity contribution in [3.63, 3.8) is 0 Å². The fraction of sp³-hybridized carbons (Fsp3) is 0.238. The van der Waals surface area contributed by atoms with Gasteiger partial charge in [-0.05, 0) is 43.3 Å². The van der Waals surface area contributed by atoms with Gasteiger partial charge < -0.3 is 9.80 Å². The van der Waals surface area contributed by atoms with Crippen LogP contribution in [0.5, 0.6) is 0 Å². The molecule has 26 heavy (non-hydrogen) atoms. The van der Waals surface area contributed by atoms with E-state index < -0.39 is 0 Å². The first-order valence-corrected chi connectivity index (χ1v) is 9.56. The topological polar surface area (TPSA) is 36.4 Å². The highest BCUT2D eigenvalue weighted by Crippen LogP contribution is 2.28. The maximum atomic E-state index is 12.7. The van der Waals surface area contributed by atoms with Gasteiger partial charge in [0.1, 0.15) is 0 Å². The SMILES string of the molecule is Cc1ccc(C(=O)N2CCN(c3ccnc4cc(Br)ccc34)CC2)cc1. The number of hydrogen-bond acceptors (Lipinski definition) is 3. The van der Waals surface area contributed by atoms with Crippen molar-refractivity contribution in [2.24, 2.45) is 0 Å². The second kappa shape index (κ2) is 7.08. The van der Waals surface area contributed by atoms with Gasteiger partial charge in [-0.1, -0.05) is 33.6 Å². The molecule has 0 saturated carbocycles. The maximum absolute atomic E-state index is 12.7. The molecule has 4 rings (SSSR count). The smallest absolute Gasteiger partial charge is 0.253 e. The van der Waals surface area contributed by atoms with Crippen LogP contribution in [-0.4, -0.2) is 42.0 Å². The molecular weight excluding hydrogens is 390 g/mol. The predicted octanol–water partition coefficient (Wildman–Crippen LogP) is 4.27. The van der Waals surface area contributed by atoms with Gasteiger partial charge >= 0.3 is 0 Å². The van der Waals surface area contributed by atoms with Crippen LogP contribution in [0.25, 0.3) is 10.9 Å². The molecule has 4 nitrogen and oxygen atoms in total. The number of halogens is 1. The van der Waals surface area contributed by atoms with E-state index in [0.717, 1.165) is 47.1 Å². The van der Waals surface area contributed by atoms with Crippen LogP contribution in [0, 0.1) is 6.92 Å². The van der Waals surface area contributed by atoms with Crippen LogP contribution >= 0.6 is 15.9 Å². The number of benzene rings is 2. The molecule has 1 amide bonds. The summed E-state index contributed by atoms with van der Waals surface area (Å²) in [4.78, 5) is 21.5. The Labute approximate surface area is 161 Å². The number of carbonyl (C=O) groups excluding carboxylic acids is 1. The van der Waals surface area contributed by atoms with Gasteiger partial charge in [-0.15, -0.1) is 0 Å². The second-order valence-corrected chi connectivity index (χ2v) is 7.55. The Balaban J connectivity index is 1.50. The summed E-state index contributed by atoms with van der Waals surface area (Å²) in [6.45, 7) is 5.14. The summed E-state index contributed by atoms with van der Waals surface area (Å²) in [6, 6.07) is 16.1. The highest BCUT2D eigenvalue weighted by atomic mass is 79.9. The number of anilines is 1. The van der Waals surface area contributed by atoms with Gasteiger partial charge in [-0.25, -0.2) is 0 Å². The highest BCUT2D eigenvalue weighted by Gasteiger charge is 2.23. The molecule has 1 fully saturated rings. The van der Waals surface area contributed by atoms with Crippen molar-refractivity contribution in [2.75, 3.05) is 31.1 Å². The van der Waals surface area contributed by atoms with Crippen molar-refractivity contribution >= 4 is 38.4 Å². The number of piperazine rings is 1. The quantitative estimate of drug-likeness (QED) is 0.633. The van der Waals surface area contributed by atoms with E-state index in [9.17, 15) is 4.79 Å². The van der Waals surface area contributed by atoms with Crippen molar-refractivity contribution in [1.29, 1.82) is 0 Å². The van der Waals surface area contributed by atoms with Gasteiger partial charge in [-0.2, -0.15) is 0 Å². The number of aromatic nitrogens is 1. The maximum Gasteiger partial charge on any atom is 0.253 e. The van der Waals surface area contributed by atoms with Gasteiger partial charge in [-0.3, -0.25) is 9.78 Å². The number of carbonyl (C=O) groups is 1. The van der Waals surface area contributed by atoms with Gasteiger partial charge in [0.05, 0.1) is 5.52 Å². The molecule has 3 aromatic rings. The number of pyridine rings is 1. The fourth-order valence-corrected chi connectivity index (χ4v) is 3.76. The summed E-state index contributed by atoms with van der Waals surface area (Å²) >= 11 is 3.51. The van der Waals surface area contributed by atoms with Gasteiger partial charge in [0.25, 0.3) is 5.91 Å². The fourth-order valence-electron chi connectivity index (χ4n) is 3.41. The third kappa shape index (κ3) is 3.31. The molecule has 132 valence electrons. The molecular formula is C21H20BrN3O. The number of fused-ring (bicyclic) bond motifs is 1. The molecule has 0 unspecified atom stereocenters. The molecule has 5 heteroatoms. The highest BCUT2D eigenvalue weighted by molar-refractivity contribution is 9.10. The minimum absolute atomic E-state index is 0.119. The lowest BCUT2D eigenvalue weighted by Gasteiger charge is -2.36. The Kier molecular flexibility index (Phi) is 4.64. The number of hydrogen-bond donors (Lipinski definition) is 0.